The Morgan fingerprint density at radius 2 is 2.19 bits per heavy atom. The average molecular weight is 303 g/mol. The van der Waals surface area contributed by atoms with Gasteiger partial charge in [0.05, 0.1) is 19.1 Å². The van der Waals surface area contributed by atoms with E-state index in [1.807, 2.05) is 0 Å². The molecule has 0 amide bonds. The summed E-state index contributed by atoms with van der Waals surface area (Å²) in [4.78, 5) is 39.6. The third kappa shape index (κ3) is 12.6. The molecule has 0 saturated carbocycles. The first-order valence-electron chi connectivity index (χ1n) is 6.62. The number of amidine groups is 1. The van der Waals surface area contributed by atoms with Crippen LogP contribution in [0.1, 0.15) is 39.0 Å². The maximum absolute atomic E-state index is 11.5. The van der Waals surface area contributed by atoms with Gasteiger partial charge in [0.1, 0.15) is 11.6 Å². The zero-order valence-corrected chi connectivity index (χ0v) is 12.0. The molecule has 0 aromatic heterocycles. The van der Waals surface area contributed by atoms with Gasteiger partial charge in [-0.3, -0.25) is 14.6 Å². The lowest BCUT2D eigenvalue weighted by Gasteiger charge is -2.07. The van der Waals surface area contributed by atoms with Crippen LogP contribution in [-0.2, 0) is 19.2 Å². The minimum atomic E-state index is -0.893. The lowest BCUT2D eigenvalue weighted by Crippen LogP contribution is -2.18. The number of aliphatic imine (C=N–C) groups is 1. The Kier molecular flexibility index (Phi) is 10.4. The topological polar surface area (TPSA) is 134 Å². The Bertz CT molecular complexity index is 372. The molecule has 0 radical (unpaired) electrons. The Morgan fingerprint density at radius 3 is 2.81 bits per heavy atom. The molecule has 0 aromatic carbocycles. The van der Waals surface area contributed by atoms with E-state index >= 15 is 0 Å². The van der Waals surface area contributed by atoms with Crippen LogP contribution in [-0.4, -0.2) is 42.4 Å². The Morgan fingerprint density at radius 1 is 1.48 bits per heavy atom. The Hall–Kier alpha value is -2.19. The summed E-state index contributed by atoms with van der Waals surface area (Å²) in [7, 11) is 0. The Labute approximate surface area is 122 Å². The minimum Gasteiger partial charge on any atom is -0.465 e. The predicted molar refractivity (Wildman–Crippen MR) is 74.1 cm³/mol. The molecule has 0 fully saturated rings. The second-order valence-electron chi connectivity index (χ2n) is 4.43. The zero-order valence-electron chi connectivity index (χ0n) is 12.0. The summed E-state index contributed by atoms with van der Waals surface area (Å²) in [5.74, 6) is 0.0972. The number of hydrogen-bond donors (Lipinski definition) is 1. The molecular weight excluding hydrogens is 282 g/mol. The molecule has 0 heterocycles. The van der Waals surface area contributed by atoms with Gasteiger partial charge in [-0.05, 0) is 26.2 Å². The van der Waals surface area contributed by atoms with Crippen LogP contribution in [0.5, 0.6) is 0 Å². The summed E-state index contributed by atoms with van der Waals surface area (Å²) in [6.07, 6.45) is 1.66. The van der Waals surface area contributed by atoms with Gasteiger partial charge in [0.25, 0.3) is 11.6 Å². The minimum absolute atomic E-state index is 0.0266. The third-order valence-electron chi connectivity index (χ3n) is 2.55. The van der Waals surface area contributed by atoms with E-state index in [-0.39, 0.29) is 43.6 Å². The molecule has 0 rings (SSSR count). The molecular formula is C12H21N3O6. The largest absolute Gasteiger partial charge is 0.465 e. The van der Waals surface area contributed by atoms with Crippen LogP contribution in [0.4, 0.5) is 0 Å². The molecule has 0 aromatic rings. The summed E-state index contributed by atoms with van der Waals surface area (Å²) >= 11 is 0. The van der Waals surface area contributed by atoms with Crippen LogP contribution in [0.2, 0.25) is 0 Å². The van der Waals surface area contributed by atoms with Crippen LogP contribution in [0, 0.1) is 10.1 Å². The summed E-state index contributed by atoms with van der Waals surface area (Å²) in [5, 5.41) is 9.00. The molecule has 0 spiro atoms. The zero-order chi connectivity index (χ0) is 16.1. The molecule has 21 heavy (non-hydrogen) atoms. The first kappa shape index (κ1) is 18.8. The van der Waals surface area contributed by atoms with Crippen molar-refractivity contribution in [1.82, 2.24) is 0 Å². The van der Waals surface area contributed by atoms with Gasteiger partial charge in [-0.25, -0.2) is 0 Å². The van der Waals surface area contributed by atoms with E-state index in [4.69, 9.17) is 10.5 Å². The van der Waals surface area contributed by atoms with Gasteiger partial charge in [0.2, 0.25) is 0 Å². The van der Waals surface area contributed by atoms with E-state index < -0.39 is 5.09 Å². The fraction of sp³-hybridized carbons (Fsp3) is 0.750. The van der Waals surface area contributed by atoms with Gasteiger partial charge in [0, 0.05) is 13.0 Å². The molecule has 0 saturated heterocycles. The number of rotatable bonds is 13. The summed E-state index contributed by atoms with van der Waals surface area (Å²) in [6, 6.07) is 0. The van der Waals surface area contributed by atoms with E-state index in [0.717, 1.165) is 0 Å². The predicted octanol–water partition coefficient (Wildman–Crippen LogP) is 0.633. The standard InChI is InChI=1S/C12H21N3O6/c1-10(20-9-16)4-2-6-14-12(13)8-11(17)5-3-7-21-15(18)19/h9-10H,2-8H2,1H3,(H2,13,14). The summed E-state index contributed by atoms with van der Waals surface area (Å²) in [6.45, 7) is 2.53. The van der Waals surface area contributed by atoms with Crippen LogP contribution in [0.25, 0.3) is 0 Å². The van der Waals surface area contributed by atoms with E-state index in [9.17, 15) is 19.7 Å². The first-order valence-corrected chi connectivity index (χ1v) is 6.62. The highest BCUT2D eigenvalue weighted by atomic mass is 16.9. The number of hydrogen-bond acceptors (Lipinski definition) is 7. The number of nitrogens with zero attached hydrogens (tertiary/aromatic N) is 2. The van der Waals surface area contributed by atoms with Crippen molar-refractivity contribution in [3.8, 4) is 0 Å². The van der Waals surface area contributed by atoms with Crippen molar-refractivity contribution >= 4 is 18.1 Å². The normalized spacial score (nSPS) is 12.5. The maximum Gasteiger partial charge on any atom is 0.294 e. The quantitative estimate of drug-likeness (QED) is 0.132. The molecule has 0 bridgehead atoms. The van der Waals surface area contributed by atoms with Crippen molar-refractivity contribution in [2.45, 2.75) is 45.1 Å². The van der Waals surface area contributed by atoms with Gasteiger partial charge >= 0.3 is 0 Å². The fourth-order valence-corrected chi connectivity index (χ4v) is 1.52. The summed E-state index contributed by atoms with van der Waals surface area (Å²) in [5.41, 5.74) is 5.60. The SMILES string of the molecule is CC(CCCN=C(N)CC(=O)CCCO[N+](=O)[O-])OC=O. The van der Waals surface area contributed by atoms with E-state index in [2.05, 4.69) is 9.83 Å². The van der Waals surface area contributed by atoms with Crippen molar-refractivity contribution in [3.63, 3.8) is 0 Å². The van der Waals surface area contributed by atoms with Gasteiger partial charge in [-0.2, -0.15) is 0 Å². The number of carbonyl (C=O) groups excluding carboxylic acids is 2. The van der Waals surface area contributed by atoms with Gasteiger partial charge in [0.15, 0.2) is 0 Å². The third-order valence-corrected chi connectivity index (χ3v) is 2.55. The number of ketones is 1. The number of carbonyl (C=O) groups is 2. The van der Waals surface area contributed by atoms with Gasteiger partial charge in [-0.15, -0.1) is 10.1 Å². The molecule has 9 nitrogen and oxygen atoms in total. The lowest BCUT2D eigenvalue weighted by molar-refractivity contribution is -0.757. The van der Waals surface area contributed by atoms with Crippen LogP contribution in [0.3, 0.4) is 0 Å². The lowest BCUT2D eigenvalue weighted by atomic mass is 10.1. The number of nitrogens with two attached hydrogens (primary N) is 1. The van der Waals surface area contributed by atoms with Crippen molar-refractivity contribution in [2.75, 3.05) is 13.2 Å². The molecule has 9 heteroatoms. The maximum atomic E-state index is 11.5. The van der Waals surface area contributed by atoms with Gasteiger partial charge < -0.3 is 15.3 Å². The smallest absolute Gasteiger partial charge is 0.294 e. The van der Waals surface area contributed by atoms with Crippen molar-refractivity contribution in [3.05, 3.63) is 10.1 Å². The van der Waals surface area contributed by atoms with E-state index in [1.165, 1.54) is 0 Å². The van der Waals surface area contributed by atoms with Crippen LogP contribution >= 0.6 is 0 Å². The molecule has 0 aliphatic heterocycles. The molecule has 0 aliphatic rings. The average Bonchev–Trinajstić information content (AvgIpc) is 2.40. The molecule has 120 valence electrons. The Balaban J connectivity index is 3.72. The van der Waals surface area contributed by atoms with Gasteiger partial charge in [-0.1, -0.05) is 0 Å². The molecule has 1 atom stereocenters. The van der Waals surface area contributed by atoms with E-state index in [1.54, 1.807) is 6.92 Å². The van der Waals surface area contributed by atoms with Crippen molar-refractivity contribution in [2.24, 2.45) is 10.7 Å². The van der Waals surface area contributed by atoms with Crippen molar-refractivity contribution < 1.29 is 24.3 Å². The second-order valence-corrected chi connectivity index (χ2v) is 4.43. The molecule has 0 aliphatic carbocycles. The van der Waals surface area contributed by atoms with Crippen molar-refractivity contribution in [1.29, 1.82) is 0 Å². The molecule has 1 unspecified atom stereocenters. The first-order chi connectivity index (χ1) is 9.95. The number of ether oxygens (including phenoxy) is 1. The molecule has 2 N–H and O–H groups in total. The highest BCUT2D eigenvalue weighted by molar-refractivity contribution is 5.99. The second kappa shape index (κ2) is 11.6. The highest BCUT2D eigenvalue weighted by Crippen LogP contribution is 2.01. The highest BCUT2D eigenvalue weighted by Gasteiger charge is 2.06. The van der Waals surface area contributed by atoms with E-state index in [0.29, 0.717) is 25.9 Å². The van der Waals surface area contributed by atoms with Crippen LogP contribution < -0.4 is 5.73 Å². The van der Waals surface area contributed by atoms with Crippen LogP contribution in [0.15, 0.2) is 4.99 Å². The fourth-order valence-electron chi connectivity index (χ4n) is 1.52. The summed E-state index contributed by atoms with van der Waals surface area (Å²) < 4.78 is 4.71. The number of Topliss-reactive ketones (excluding diaryl/α,β-unsaturated/α-hetero) is 1. The monoisotopic (exact) mass is 303 g/mol.